The first kappa shape index (κ1) is 12.8. The van der Waals surface area contributed by atoms with Gasteiger partial charge in [0.1, 0.15) is 5.65 Å². The molecule has 2 heterocycles. The molecule has 0 N–H and O–H groups in total. The molecule has 4 heteroatoms. The topological polar surface area (TPSA) is 58.7 Å². The van der Waals surface area contributed by atoms with E-state index in [0.717, 1.165) is 36.2 Å². The molecule has 1 aromatic carbocycles. The third-order valence-corrected chi connectivity index (χ3v) is 4.21. The summed E-state index contributed by atoms with van der Waals surface area (Å²) in [4.78, 5) is 17.1. The van der Waals surface area contributed by atoms with Crippen LogP contribution in [0.15, 0.2) is 47.4 Å². The first-order valence-corrected chi connectivity index (χ1v) is 7.31. The van der Waals surface area contributed by atoms with E-state index in [1.165, 1.54) is 0 Å². The fraction of sp³-hybridized carbons (Fsp3) is 0.167. The lowest BCUT2D eigenvalue weighted by Crippen LogP contribution is -2.17. The Labute approximate surface area is 127 Å². The average molecular weight is 287 g/mol. The summed E-state index contributed by atoms with van der Waals surface area (Å²) in [6.07, 6.45) is 4.37. The van der Waals surface area contributed by atoms with Gasteiger partial charge in [-0.2, -0.15) is 5.26 Å². The maximum atomic E-state index is 12.6. The van der Waals surface area contributed by atoms with Crippen LogP contribution in [-0.4, -0.2) is 9.55 Å². The number of rotatable bonds is 1. The number of hydrogen-bond acceptors (Lipinski definition) is 3. The summed E-state index contributed by atoms with van der Waals surface area (Å²) in [6, 6.07) is 13.2. The standard InChI is InChI=1S/C18H13N3O/c19-11-12-4-1-5-13(10-12)21-16-8-2-6-14(16)17(22)15-7-3-9-20-18(15)21/h1,3-5,7,9-10H,2,6,8H2. The molecule has 106 valence electrons. The van der Waals surface area contributed by atoms with Crippen LogP contribution in [0.25, 0.3) is 16.7 Å². The molecule has 0 saturated carbocycles. The van der Waals surface area contributed by atoms with Gasteiger partial charge in [0.15, 0.2) is 5.43 Å². The molecule has 4 nitrogen and oxygen atoms in total. The minimum atomic E-state index is 0.100. The van der Waals surface area contributed by atoms with Gasteiger partial charge >= 0.3 is 0 Å². The van der Waals surface area contributed by atoms with Crippen molar-refractivity contribution in [1.82, 2.24) is 9.55 Å². The Bertz CT molecular complexity index is 995. The van der Waals surface area contributed by atoms with Gasteiger partial charge in [0.2, 0.25) is 0 Å². The molecule has 0 atom stereocenters. The molecule has 2 aromatic heterocycles. The summed E-state index contributed by atoms with van der Waals surface area (Å²) in [5.41, 5.74) is 4.19. The minimum Gasteiger partial charge on any atom is -0.298 e. The molecule has 1 aliphatic rings. The molecule has 0 spiro atoms. The van der Waals surface area contributed by atoms with Gasteiger partial charge in [0.05, 0.1) is 17.0 Å². The van der Waals surface area contributed by atoms with Crippen molar-refractivity contribution in [1.29, 1.82) is 5.26 Å². The van der Waals surface area contributed by atoms with Crippen LogP contribution in [0.3, 0.4) is 0 Å². The van der Waals surface area contributed by atoms with Gasteiger partial charge in [-0.3, -0.25) is 9.36 Å². The Kier molecular flexibility index (Phi) is 2.80. The van der Waals surface area contributed by atoms with E-state index in [1.54, 1.807) is 18.3 Å². The molecule has 3 aromatic rings. The second kappa shape index (κ2) is 4.81. The number of pyridine rings is 2. The SMILES string of the molecule is N#Cc1cccc(-n2c3c(c(=O)c4cccnc42)CCC3)c1. The van der Waals surface area contributed by atoms with E-state index in [2.05, 4.69) is 11.1 Å². The monoisotopic (exact) mass is 287 g/mol. The summed E-state index contributed by atoms with van der Waals surface area (Å²) < 4.78 is 2.04. The lowest BCUT2D eigenvalue weighted by Gasteiger charge is -2.16. The van der Waals surface area contributed by atoms with Crippen molar-refractivity contribution in [3.8, 4) is 11.8 Å². The number of fused-ring (bicyclic) bond motifs is 2. The van der Waals surface area contributed by atoms with Crippen molar-refractivity contribution in [2.75, 3.05) is 0 Å². The molecule has 0 bridgehead atoms. The zero-order chi connectivity index (χ0) is 15.1. The quantitative estimate of drug-likeness (QED) is 0.691. The minimum absolute atomic E-state index is 0.100. The zero-order valence-corrected chi connectivity index (χ0v) is 11.9. The lowest BCUT2D eigenvalue weighted by molar-refractivity contribution is 0.873. The van der Waals surface area contributed by atoms with Crippen LogP contribution in [-0.2, 0) is 12.8 Å². The summed E-state index contributed by atoms with van der Waals surface area (Å²) in [7, 11) is 0. The molecular weight excluding hydrogens is 274 g/mol. The zero-order valence-electron chi connectivity index (χ0n) is 11.9. The highest BCUT2D eigenvalue weighted by Gasteiger charge is 2.22. The van der Waals surface area contributed by atoms with Crippen LogP contribution in [0.2, 0.25) is 0 Å². The summed E-state index contributed by atoms with van der Waals surface area (Å²) in [5.74, 6) is 0. The summed E-state index contributed by atoms with van der Waals surface area (Å²) in [5, 5.41) is 9.78. The number of nitrogens with zero attached hydrogens (tertiary/aromatic N) is 3. The Morgan fingerprint density at radius 2 is 2.09 bits per heavy atom. The number of hydrogen-bond donors (Lipinski definition) is 0. The van der Waals surface area contributed by atoms with Crippen molar-refractivity contribution in [2.24, 2.45) is 0 Å². The van der Waals surface area contributed by atoms with Crippen molar-refractivity contribution < 1.29 is 0 Å². The number of aromatic nitrogens is 2. The fourth-order valence-electron chi connectivity index (χ4n) is 3.25. The highest BCUT2D eigenvalue weighted by atomic mass is 16.1. The van der Waals surface area contributed by atoms with E-state index >= 15 is 0 Å². The highest BCUT2D eigenvalue weighted by molar-refractivity contribution is 5.78. The molecule has 22 heavy (non-hydrogen) atoms. The van der Waals surface area contributed by atoms with Crippen LogP contribution < -0.4 is 5.43 Å². The van der Waals surface area contributed by atoms with E-state index in [9.17, 15) is 4.79 Å². The molecule has 0 saturated heterocycles. The first-order chi connectivity index (χ1) is 10.8. The van der Waals surface area contributed by atoms with Crippen LogP contribution in [0.4, 0.5) is 0 Å². The predicted molar refractivity (Wildman–Crippen MR) is 84.1 cm³/mol. The molecule has 0 aliphatic heterocycles. The van der Waals surface area contributed by atoms with Crippen LogP contribution in [0, 0.1) is 11.3 Å². The maximum Gasteiger partial charge on any atom is 0.194 e. The molecule has 1 aliphatic carbocycles. The molecule has 0 fully saturated rings. The Morgan fingerprint density at radius 1 is 1.18 bits per heavy atom. The second-order valence-corrected chi connectivity index (χ2v) is 5.48. The third kappa shape index (κ3) is 1.76. The van der Waals surface area contributed by atoms with E-state index in [-0.39, 0.29) is 5.43 Å². The van der Waals surface area contributed by atoms with E-state index in [1.807, 2.05) is 28.8 Å². The fourth-order valence-corrected chi connectivity index (χ4v) is 3.25. The van der Waals surface area contributed by atoms with Gasteiger partial charge in [-0.05, 0) is 49.6 Å². The molecule has 0 radical (unpaired) electrons. The molecule has 0 unspecified atom stereocenters. The van der Waals surface area contributed by atoms with E-state index in [4.69, 9.17) is 5.26 Å². The molecular formula is C18H13N3O. The molecule has 4 rings (SSSR count). The van der Waals surface area contributed by atoms with Gasteiger partial charge in [0.25, 0.3) is 0 Å². The third-order valence-electron chi connectivity index (χ3n) is 4.21. The Morgan fingerprint density at radius 3 is 2.95 bits per heavy atom. The first-order valence-electron chi connectivity index (χ1n) is 7.31. The van der Waals surface area contributed by atoms with Gasteiger partial charge in [-0.25, -0.2) is 4.98 Å². The van der Waals surface area contributed by atoms with Crippen molar-refractivity contribution in [3.63, 3.8) is 0 Å². The van der Waals surface area contributed by atoms with Gasteiger partial charge < -0.3 is 0 Å². The number of nitriles is 1. The Hall–Kier alpha value is -2.93. The van der Waals surface area contributed by atoms with Crippen molar-refractivity contribution in [2.45, 2.75) is 19.3 Å². The van der Waals surface area contributed by atoms with Gasteiger partial charge in [0, 0.05) is 23.1 Å². The van der Waals surface area contributed by atoms with Crippen LogP contribution in [0.1, 0.15) is 23.2 Å². The smallest absolute Gasteiger partial charge is 0.194 e. The van der Waals surface area contributed by atoms with Gasteiger partial charge in [-0.1, -0.05) is 6.07 Å². The van der Waals surface area contributed by atoms with Crippen LogP contribution in [0.5, 0.6) is 0 Å². The van der Waals surface area contributed by atoms with Crippen molar-refractivity contribution in [3.05, 3.63) is 69.6 Å². The Balaban J connectivity index is 2.16. The normalized spacial score (nSPS) is 13.0. The largest absolute Gasteiger partial charge is 0.298 e. The van der Waals surface area contributed by atoms with E-state index < -0.39 is 0 Å². The summed E-state index contributed by atoms with van der Waals surface area (Å²) in [6.45, 7) is 0. The highest BCUT2D eigenvalue weighted by Crippen LogP contribution is 2.26. The molecule has 0 amide bonds. The predicted octanol–water partition coefficient (Wildman–Crippen LogP) is 2.75. The second-order valence-electron chi connectivity index (χ2n) is 5.48. The van der Waals surface area contributed by atoms with Gasteiger partial charge in [-0.15, -0.1) is 0 Å². The summed E-state index contributed by atoms with van der Waals surface area (Å²) >= 11 is 0. The van der Waals surface area contributed by atoms with Crippen molar-refractivity contribution >= 4 is 11.0 Å². The average Bonchev–Trinajstić information content (AvgIpc) is 3.05. The maximum absolute atomic E-state index is 12.6. The van der Waals surface area contributed by atoms with Crippen LogP contribution >= 0.6 is 0 Å². The van der Waals surface area contributed by atoms with E-state index in [0.29, 0.717) is 16.6 Å². The lowest BCUT2D eigenvalue weighted by atomic mass is 10.1. The number of benzene rings is 1.